The Morgan fingerprint density at radius 3 is 1.83 bits per heavy atom. The van der Waals surface area contributed by atoms with E-state index in [1.807, 2.05) is 0 Å². The van der Waals surface area contributed by atoms with Crippen LogP contribution in [0, 0.1) is 0 Å². The zero-order chi connectivity index (χ0) is 4.28. The Bertz CT molecular complexity index is 46.1. The van der Waals surface area contributed by atoms with Crippen LogP contribution in [0.2, 0.25) is 0 Å². The van der Waals surface area contributed by atoms with Crippen LogP contribution in [0.3, 0.4) is 0 Å². The minimum absolute atomic E-state index is 0. The molecule has 0 aliphatic heterocycles. The van der Waals surface area contributed by atoms with E-state index in [0.717, 1.165) is 0 Å². The SMILES string of the molecule is Cl.[15NH2][15NH]C([15NH2])=O. The zero-order valence-corrected chi connectivity index (χ0v) is 3.79. The summed E-state index contributed by atoms with van der Waals surface area (Å²) in [5.74, 6) is 4.45. The number of hydrogen-bond acceptors (Lipinski definition) is 2. The number of carbonyl (C=O) groups excluding carboxylic acids is 1. The van der Waals surface area contributed by atoms with E-state index in [2.05, 4.69) is 11.6 Å². The van der Waals surface area contributed by atoms with Gasteiger partial charge in [-0.25, -0.2) is 10.6 Å². The van der Waals surface area contributed by atoms with Gasteiger partial charge in [0, 0.05) is 0 Å². The maximum atomic E-state index is 9.35. The van der Waals surface area contributed by atoms with Gasteiger partial charge in [-0.15, -0.1) is 12.4 Å². The minimum atomic E-state index is -0.718. The topological polar surface area (TPSA) is 81.1 Å². The van der Waals surface area contributed by atoms with Crippen LogP contribution in [0.15, 0.2) is 0 Å². The number of nitrogens with one attached hydrogen (secondary N) is 1. The highest BCUT2D eigenvalue weighted by atomic mass is 35.5. The Morgan fingerprint density at radius 1 is 1.67 bits per heavy atom. The molecule has 0 aliphatic rings. The van der Waals surface area contributed by atoms with E-state index >= 15 is 0 Å². The monoisotopic (exact) mass is 114 g/mol. The molecule has 0 aliphatic carbocycles. The predicted molar refractivity (Wildman–Crippen MR) is 24.2 cm³/mol. The number of hydrazine groups is 1. The molecule has 0 aromatic rings. The molecule has 0 unspecified atom stereocenters. The molecule has 4 nitrogen and oxygen atoms in total. The van der Waals surface area contributed by atoms with Gasteiger partial charge >= 0.3 is 6.03 Å². The van der Waals surface area contributed by atoms with Crippen LogP contribution in [-0.4, -0.2) is 6.03 Å². The lowest BCUT2D eigenvalue weighted by Crippen LogP contribution is -2.34. The van der Waals surface area contributed by atoms with Gasteiger partial charge in [-0.2, -0.15) is 0 Å². The van der Waals surface area contributed by atoms with Gasteiger partial charge in [-0.05, 0) is 0 Å². The number of carbonyl (C=O) groups is 1. The first-order valence-corrected chi connectivity index (χ1v) is 1.03. The fraction of sp³-hybridized carbons (Fsp3) is 0. The molecular formula is CH6ClN3O. The standard InChI is InChI=1S/CH5N3O.ClH/c2-1(5)4-3;/h3H2,(H3,2,4,5);1H/i2+1,3+1,4+1;. The van der Waals surface area contributed by atoms with Gasteiger partial charge < -0.3 is 5.73 Å². The summed E-state index contributed by atoms with van der Waals surface area (Å²) in [5, 5.41) is 0. The second-order valence-corrected chi connectivity index (χ2v) is 0.509. The number of halogens is 1. The van der Waals surface area contributed by atoms with E-state index in [4.69, 9.17) is 0 Å². The molecule has 2 amide bonds. The molecule has 0 rings (SSSR count). The third kappa shape index (κ3) is 9.68. The van der Waals surface area contributed by atoms with Gasteiger partial charge in [-0.3, -0.25) is 5.43 Å². The second-order valence-electron chi connectivity index (χ2n) is 0.509. The largest absolute Gasteiger partial charge is 0.351 e. The molecule has 5 N–H and O–H groups in total. The maximum Gasteiger partial charge on any atom is 0.326 e. The number of rotatable bonds is 0. The number of amides is 2. The van der Waals surface area contributed by atoms with Gasteiger partial charge in [0.15, 0.2) is 0 Å². The van der Waals surface area contributed by atoms with Crippen molar-refractivity contribution in [3.8, 4) is 0 Å². The van der Waals surface area contributed by atoms with Crippen molar-refractivity contribution in [2.75, 3.05) is 0 Å². The fourth-order valence-electron chi connectivity index (χ4n) is 0. The highest BCUT2D eigenvalue weighted by Crippen LogP contribution is 1.34. The molecule has 0 spiro atoms. The molecule has 5 heteroatoms. The van der Waals surface area contributed by atoms with Gasteiger partial charge in [0.1, 0.15) is 0 Å². The highest BCUT2D eigenvalue weighted by Gasteiger charge is 1.73. The summed E-state index contributed by atoms with van der Waals surface area (Å²) in [5.41, 5.74) is 6.08. The summed E-state index contributed by atoms with van der Waals surface area (Å²) in [6.07, 6.45) is 0. The van der Waals surface area contributed by atoms with E-state index in [1.54, 1.807) is 5.43 Å². The number of hydrogen-bond donors (Lipinski definition) is 3. The van der Waals surface area contributed by atoms with Crippen molar-refractivity contribution in [3.05, 3.63) is 0 Å². The van der Waals surface area contributed by atoms with Crippen molar-refractivity contribution in [3.63, 3.8) is 0 Å². The molecule has 38 valence electrons. The molecule has 0 heterocycles. The Labute approximate surface area is 41.3 Å². The highest BCUT2D eigenvalue weighted by molar-refractivity contribution is 5.85. The van der Waals surface area contributed by atoms with Crippen molar-refractivity contribution in [2.45, 2.75) is 0 Å². The number of primary amides is 1. The van der Waals surface area contributed by atoms with Crippen LogP contribution < -0.4 is 17.0 Å². The Kier molecular flexibility index (Phi) is 6.86. The van der Waals surface area contributed by atoms with Crippen LogP contribution in [0.25, 0.3) is 0 Å². The average Bonchev–Trinajstić information content (AvgIpc) is 1.38. The summed E-state index contributed by atoms with van der Waals surface area (Å²) in [6.45, 7) is 0. The maximum absolute atomic E-state index is 9.35. The molecule has 0 aromatic carbocycles. The lowest BCUT2D eigenvalue weighted by atomic mass is 11.3. The molecule has 0 saturated heterocycles. The van der Waals surface area contributed by atoms with Crippen molar-refractivity contribution in [2.24, 2.45) is 11.6 Å². The van der Waals surface area contributed by atoms with Crippen LogP contribution in [-0.2, 0) is 0 Å². The minimum Gasteiger partial charge on any atom is -0.351 e. The van der Waals surface area contributed by atoms with Crippen LogP contribution in [0.5, 0.6) is 0 Å². The normalized spacial score (nSPS) is 5.50. The second kappa shape index (κ2) is 4.52. The fourth-order valence-corrected chi connectivity index (χ4v) is 0. The van der Waals surface area contributed by atoms with E-state index in [9.17, 15) is 4.79 Å². The average molecular weight is 115 g/mol. The molecule has 0 fully saturated rings. The molecule has 0 saturated carbocycles. The van der Waals surface area contributed by atoms with Gasteiger partial charge in [-0.1, -0.05) is 0 Å². The van der Waals surface area contributed by atoms with E-state index in [0.29, 0.717) is 0 Å². The number of urea groups is 1. The van der Waals surface area contributed by atoms with Crippen molar-refractivity contribution < 1.29 is 4.79 Å². The van der Waals surface area contributed by atoms with Crippen LogP contribution in [0.4, 0.5) is 4.79 Å². The molecule has 0 radical (unpaired) electrons. The first-order valence-electron chi connectivity index (χ1n) is 1.03. The summed E-state index contributed by atoms with van der Waals surface area (Å²) in [7, 11) is 0. The zero-order valence-electron chi connectivity index (χ0n) is 2.97. The Hall–Kier alpha value is -0.480. The summed E-state index contributed by atoms with van der Waals surface area (Å²) >= 11 is 0. The molecule has 0 aromatic heterocycles. The third-order valence-electron chi connectivity index (χ3n) is 0.142. The quantitative estimate of drug-likeness (QED) is 0.163. The first-order chi connectivity index (χ1) is 2.27. The summed E-state index contributed by atoms with van der Waals surface area (Å²) in [4.78, 5) is 9.35. The first kappa shape index (κ1) is 9.10. The summed E-state index contributed by atoms with van der Waals surface area (Å²) < 4.78 is 0. The molecule has 6 heavy (non-hydrogen) atoms. The lowest BCUT2D eigenvalue weighted by molar-refractivity contribution is 0.249. The van der Waals surface area contributed by atoms with Gasteiger partial charge in [0.05, 0.1) is 0 Å². The van der Waals surface area contributed by atoms with E-state index in [-0.39, 0.29) is 12.4 Å². The molecule has 0 bridgehead atoms. The van der Waals surface area contributed by atoms with Crippen LogP contribution >= 0.6 is 12.4 Å². The Morgan fingerprint density at radius 2 is 1.83 bits per heavy atom. The van der Waals surface area contributed by atoms with Gasteiger partial charge in [0.2, 0.25) is 0 Å². The Balaban J connectivity index is 0. The molecular weight excluding hydrogens is 108 g/mol. The predicted octanol–water partition coefficient (Wildman–Crippen LogP) is -1.05. The van der Waals surface area contributed by atoms with Crippen molar-refractivity contribution in [1.82, 2.24) is 5.43 Å². The van der Waals surface area contributed by atoms with Crippen LogP contribution in [0.1, 0.15) is 0 Å². The number of nitrogens with two attached hydrogens (primary N) is 2. The van der Waals surface area contributed by atoms with Crippen molar-refractivity contribution >= 4 is 18.4 Å². The lowest BCUT2D eigenvalue weighted by Gasteiger charge is -1.81. The van der Waals surface area contributed by atoms with E-state index < -0.39 is 6.03 Å². The van der Waals surface area contributed by atoms with Gasteiger partial charge in [0.25, 0.3) is 0 Å². The third-order valence-corrected chi connectivity index (χ3v) is 0.142. The van der Waals surface area contributed by atoms with Crippen molar-refractivity contribution in [1.29, 1.82) is 0 Å². The summed E-state index contributed by atoms with van der Waals surface area (Å²) in [6, 6.07) is -0.718. The van der Waals surface area contributed by atoms with E-state index in [1.165, 1.54) is 0 Å². The smallest absolute Gasteiger partial charge is 0.326 e. The molecule has 0 atom stereocenters.